The highest BCUT2D eigenvalue weighted by Gasteiger charge is 2.47. The Balaban J connectivity index is 2.48. The molecule has 1 aliphatic heterocycles. The minimum absolute atomic E-state index is 0.0889. The topological polar surface area (TPSA) is 106 Å². The van der Waals surface area contributed by atoms with Crippen molar-refractivity contribution >= 4 is 63.0 Å². The van der Waals surface area contributed by atoms with Crippen LogP contribution in [0.2, 0.25) is 0 Å². The van der Waals surface area contributed by atoms with Crippen molar-refractivity contribution in [1.82, 2.24) is 9.91 Å². The van der Waals surface area contributed by atoms with Crippen molar-refractivity contribution in [1.29, 1.82) is 0 Å². The second kappa shape index (κ2) is 8.57. The summed E-state index contributed by atoms with van der Waals surface area (Å²) in [6, 6.07) is 1.82. The number of amides is 2. The number of hydrazone groups is 1. The first-order valence-electron chi connectivity index (χ1n) is 7.86. The molecular formula is C17H16BrN3O6S. The van der Waals surface area contributed by atoms with Gasteiger partial charge < -0.3 is 9.47 Å². The summed E-state index contributed by atoms with van der Waals surface area (Å²) in [5.41, 5.74) is 0.303. The summed E-state index contributed by atoms with van der Waals surface area (Å²) in [5.74, 6) is -2.08. The first-order chi connectivity index (χ1) is 13.1. The number of rotatable bonds is 5. The first-order valence-corrected chi connectivity index (χ1v) is 9.06. The van der Waals surface area contributed by atoms with Crippen LogP contribution in [-0.4, -0.2) is 58.0 Å². The molecule has 1 fully saturated rings. The summed E-state index contributed by atoms with van der Waals surface area (Å²) in [5, 5.41) is 4.58. The molecule has 2 amide bonds. The second-order valence-corrected chi connectivity index (χ2v) is 6.98. The monoisotopic (exact) mass is 469 g/mol. The predicted octanol–water partition coefficient (Wildman–Crippen LogP) is 1.65. The Kier molecular flexibility index (Phi) is 6.62. The van der Waals surface area contributed by atoms with Crippen LogP contribution in [0, 0.1) is 0 Å². The van der Waals surface area contributed by atoms with Gasteiger partial charge in [0.25, 0.3) is 5.91 Å². The van der Waals surface area contributed by atoms with Crippen molar-refractivity contribution in [2.75, 3.05) is 7.11 Å². The van der Waals surface area contributed by atoms with Crippen molar-refractivity contribution in [2.45, 2.75) is 26.8 Å². The van der Waals surface area contributed by atoms with Crippen LogP contribution in [0.5, 0.6) is 11.5 Å². The van der Waals surface area contributed by atoms with Gasteiger partial charge in [0.1, 0.15) is 0 Å². The molecule has 2 rings (SSSR count). The number of ether oxygens (including phenoxy) is 2. The molecule has 0 radical (unpaired) electrons. The van der Waals surface area contributed by atoms with Crippen molar-refractivity contribution in [2.24, 2.45) is 5.10 Å². The molecule has 1 saturated heterocycles. The molecule has 1 aromatic rings. The van der Waals surface area contributed by atoms with E-state index in [9.17, 15) is 19.2 Å². The summed E-state index contributed by atoms with van der Waals surface area (Å²) < 4.78 is 11.0. The number of hydrogen-bond acceptors (Lipinski definition) is 8. The van der Waals surface area contributed by atoms with E-state index in [1.807, 2.05) is 0 Å². The van der Waals surface area contributed by atoms with Gasteiger partial charge in [0, 0.05) is 23.9 Å². The smallest absolute Gasteiger partial charge is 0.308 e. The molecule has 0 bridgehead atoms. The maximum atomic E-state index is 12.5. The number of methoxy groups -OCH3 is 1. The van der Waals surface area contributed by atoms with Gasteiger partial charge in [0.15, 0.2) is 23.3 Å². The molecule has 9 nitrogen and oxygen atoms in total. The largest absolute Gasteiger partial charge is 0.493 e. The first kappa shape index (κ1) is 21.6. The Morgan fingerprint density at radius 1 is 1.25 bits per heavy atom. The summed E-state index contributed by atoms with van der Waals surface area (Å²) in [6.07, 6.45) is 1.22. The zero-order valence-corrected chi connectivity index (χ0v) is 17.8. The van der Waals surface area contributed by atoms with Gasteiger partial charge in [-0.25, -0.2) is 0 Å². The van der Waals surface area contributed by atoms with Crippen LogP contribution in [0.25, 0.3) is 0 Å². The van der Waals surface area contributed by atoms with E-state index in [0.29, 0.717) is 10.0 Å². The minimum atomic E-state index is -1.35. The Morgan fingerprint density at radius 3 is 2.36 bits per heavy atom. The van der Waals surface area contributed by atoms with Gasteiger partial charge in [0.05, 0.1) is 13.3 Å². The fourth-order valence-corrected chi connectivity index (χ4v) is 3.35. The number of hydrogen-bond donors (Lipinski definition) is 0. The van der Waals surface area contributed by atoms with E-state index in [1.165, 1.54) is 34.1 Å². The Labute approximate surface area is 174 Å². The number of carbonyl (C=O) groups excluding carboxylic acids is 4. The number of halogens is 1. The van der Waals surface area contributed by atoms with Crippen molar-refractivity contribution in [3.63, 3.8) is 0 Å². The van der Waals surface area contributed by atoms with E-state index < -0.39 is 29.6 Å². The second-order valence-electron chi connectivity index (χ2n) is 5.70. The number of thiocarbonyl (C=S) groups is 1. The number of nitrogens with zero attached hydrogens (tertiary/aromatic N) is 3. The van der Waals surface area contributed by atoms with E-state index in [2.05, 4.69) is 21.0 Å². The van der Waals surface area contributed by atoms with Crippen LogP contribution in [-0.2, 0) is 19.2 Å². The van der Waals surface area contributed by atoms with Gasteiger partial charge in [-0.15, -0.1) is 0 Å². The van der Waals surface area contributed by atoms with E-state index in [0.717, 1.165) is 9.91 Å². The quantitative estimate of drug-likeness (QED) is 0.212. The van der Waals surface area contributed by atoms with E-state index >= 15 is 0 Å². The summed E-state index contributed by atoms with van der Waals surface area (Å²) in [6.45, 7) is 3.61. The third kappa shape index (κ3) is 4.25. The van der Waals surface area contributed by atoms with Gasteiger partial charge in [-0.05, 0) is 31.3 Å². The Morgan fingerprint density at radius 2 is 1.89 bits per heavy atom. The summed E-state index contributed by atoms with van der Waals surface area (Å²) >= 11 is 8.43. The summed E-state index contributed by atoms with van der Waals surface area (Å²) in [7, 11) is 1.40. The predicted molar refractivity (Wildman–Crippen MR) is 106 cm³/mol. The highest BCUT2D eigenvalue weighted by atomic mass is 79.9. The van der Waals surface area contributed by atoms with Gasteiger partial charge in [-0.2, -0.15) is 10.1 Å². The third-order valence-corrected chi connectivity index (χ3v) is 4.47. The van der Waals surface area contributed by atoms with Crippen molar-refractivity contribution in [3.05, 3.63) is 22.2 Å². The number of Topliss-reactive ketones (excluding diaryl/α,β-unsaturated/α-hetero) is 1. The van der Waals surface area contributed by atoms with Gasteiger partial charge >= 0.3 is 5.97 Å². The van der Waals surface area contributed by atoms with E-state index in [1.54, 1.807) is 12.1 Å². The zero-order valence-electron chi connectivity index (χ0n) is 15.4. The zero-order chi connectivity index (χ0) is 21.2. The molecule has 0 spiro atoms. The maximum Gasteiger partial charge on any atom is 0.308 e. The lowest BCUT2D eigenvalue weighted by molar-refractivity contribution is -0.139. The van der Waals surface area contributed by atoms with Crippen molar-refractivity contribution < 1.29 is 28.7 Å². The van der Waals surface area contributed by atoms with Crippen LogP contribution in [0.4, 0.5) is 0 Å². The van der Waals surface area contributed by atoms with Gasteiger partial charge in [-0.1, -0.05) is 15.9 Å². The van der Waals surface area contributed by atoms with Crippen LogP contribution in [0.3, 0.4) is 0 Å². The fourth-order valence-electron chi connectivity index (χ4n) is 2.52. The average molecular weight is 470 g/mol. The molecule has 0 aliphatic carbocycles. The molecule has 1 aliphatic rings. The Bertz CT molecular complexity index is 884. The summed E-state index contributed by atoms with van der Waals surface area (Å²) in [4.78, 5) is 48.5. The molecule has 1 heterocycles. The number of carbonyl (C=O) groups is 4. The molecule has 0 saturated carbocycles. The molecule has 11 heteroatoms. The van der Waals surface area contributed by atoms with E-state index in [4.69, 9.17) is 21.7 Å². The van der Waals surface area contributed by atoms with Crippen LogP contribution in [0.15, 0.2) is 21.7 Å². The lowest BCUT2D eigenvalue weighted by atomic mass is 10.2. The lowest BCUT2D eigenvalue weighted by Gasteiger charge is -2.17. The van der Waals surface area contributed by atoms with Crippen LogP contribution >= 0.6 is 28.1 Å². The van der Waals surface area contributed by atoms with Crippen molar-refractivity contribution in [3.8, 4) is 11.5 Å². The van der Waals surface area contributed by atoms with Gasteiger partial charge in [0.2, 0.25) is 11.0 Å². The fraction of sp³-hybridized carbons (Fsp3) is 0.294. The normalized spacial score (nSPS) is 16.7. The number of esters is 1. The van der Waals surface area contributed by atoms with Crippen LogP contribution < -0.4 is 9.47 Å². The molecule has 148 valence electrons. The third-order valence-electron chi connectivity index (χ3n) is 3.64. The molecule has 0 aromatic heterocycles. The minimum Gasteiger partial charge on any atom is -0.493 e. The number of benzene rings is 1. The molecule has 1 atom stereocenters. The average Bonchev–Trinajstić information content (AvgIpc) is 2.85. The molecular weight excluding hydrogens is 454 g/mol. The molecule has 28 heavy (non-hydrogen) atoms. The maximum absolute atomic E-state index is 12.5. The van der Waals surface area contributed by atoms with Gasteiger partial charge in [-0.3, -0.25) is 24.1 Å². The SMILES string of the molecule is COc1cc(Br)cc(C=NN2C(=O)C(C(C)=O)N(C(C)=O)C2=S)c1OC(C)=O. The highest BCUT2D eigenvalue weighted by Crippen LogP contribution is 2.34. The van der Waals surface area contributed by atoms with Crippen LogP contribution in [0.1, 0.15) is 26.3 Å². The number of ketones is 1. The molecule has 0 N–H and O–H groups in total. The molecule has 1 aromatic carbocycles. The standard InChI is InChI=1S/C17H16BrN3O6S/c1-8(22)14-16(25)21(17(28)20(14)9(2)23)19-7-11-5-12(18)6-13(26-4)15(11)27-10(3)24/h5-7,14H,1-4H3. The lowest BCUT2D eigenvalue weighted by Crippen LogP contribution is -2.42. The highest BCUT2D eigenvalue weighted by molar-refractivity contribution is 9.10. The van der Waals surface area contributed by atoms with E-state index in [-0.39, 0.29) is 16.6 Å². The Hall–Kier alpha value is -2.66. The molecule has 1 unspecified atom stereocenters.